The Bertz CT molecular complexity index is 1010. The first-order chi connectivity index (χ1) is 18.6. The Morgan fingerprint density at radius 2 is 2.03 bits per heavy atom. The van der Waals surface area contributed by atoms with E-state index >= 15 is 0 Å². The van der Waals surface area contributed by atoms with Crippen LogP contribution < -0.4 is 11.1 Å². The fourth-order valence-electron chi connectivity index (χ4n) is 6.06. The van der Waals surface area contributed by atoms with Crippen molar-refractivity contribution in [3.05, 3.63) is 54.5 Å². The summed E-state index contributed by atoms with van der Waals surface area (Å²) in [6, 6.07) is 7.09. The zero-order valence-corrected chi connectivity index (χ0v) is 23.8. The molecule has 1 aliphatic heterocycles. The van der Waals surface area contributed by atoms with Crippen LogP contribution in [0.4, 0.5) is 0 Å². The highest BCUT2D eigenvalue weighted by Crippen LogP contribution is 2.38. The summed E-state index contributed by atoms with van der Waals surface area (Å²) < 4.78 is 0. The highest BCUT2D eigenvalue weighted by Gasteiger charge is 2.37. The summed E-state index contributed by atoms with van der Waals surface area (Å²) >= 11 is 1.80. The molecule has 2 heterocycles. The molecule has 8 heteroatoms. The molecule has 7 nitrogen and oxygen atoms in total. The largest absolute Gasteiger partial charge is 0.379 e. The summed E-state index contributed by atoms with van der Waals surface area (Å²) in [5.41, 5.74) is 7.53. The minimum atomic E-state index is -0.0721. The molecule has 206 valence electrons. The van der Waals surface area contributed by atoms with Crippen LogP contribution in [0.5, 0.6) is 0 Å². The maximum absolute atomic E-state index is 12.5. The summed E-state index contributed by atoms with van der Waals surface area (Å²) in [7, 11) is 0. The zero-order valence-electron chi connectivity index (χ0n) is 23.0. The lowest BCUT2D eigenvalue weighted by atomic mass is 9.83. The molecule has 0 aromatic carbocycles. The maximum atomic E-state index is 12.5. The molecule has 3 aliphatic rings. The van der Waals surface area contributed by atoms with Crippen LogP contribution in [0, 0.1) is 5.92 Å². The Hall–Kier alpha value is -2.45. The monoisotopic (exact) mass is 536 g/mol. The molecule has 3 atom stereocenters. The van der Waals surface area contributed by atoms with Crippen LogP contribution in [-0.4, -0.2) is 63.1 Å². The second kappa shape index (κ2) is 14.6. The summed E-state index contributed by atoms with van der Waals surface area (Å²) in [4.78, 5) is 28.7. The Morgan fingerprint density at radius 1 is 1.18 bits per heavy atom. The lowest BCUT2D eigenvalue weighted by molar-refractivity contribution is -0.117. The molecule has 2 unspecified atom stereocenters. The van der Waals surface area contributed by atoms with E-state index in [1.54, 1.807) is 24.2 Å². The molecule has 1 aromatic heterocycles. The molecule has 1 aromatic rings. The average molecular weight is 537 g/mol. The smallest absolute Gasteiger partial charge is 0.245 e. The fraction of sp³-hybridized carbons (Fsp3) is 0.600. The van der Waals surface area contributed by atoms with Crippen molar-refractivity contribution in [2.45, 2.75) is 95.0 Å². The number of carbonyl (C=O) groups is 1. The van der Waals surface area contributed by atoms with E-state index in [4.69, 9.17) is 5.73 Å². The number of fused-ring (bicyclic) bond motifs is 1. The number of nitrogens with one attached hydrogen (secondary N) is 1. The Balaban J connectivity index is 1.19. The highest BCUT2D eigenvalue weighted by atomic mass is 32.2. The summed E-state index contributed by atoms with van der Waals surface area (Å²) in [6.45, 7) is 6.60. The highest BCUT2D eigenvalue weighted by molar-refractivity contribution is 8.14. The van der Waals surface area contributed by atoms with Crippen molar-refractivity contribution in [3.63, 3.8) is 0 Å². The van der Waals surface area contributed by atoms with Crippen molar-refractivity contribution >= 4 is 28.5 Å². The van der Waals surface area contributed by atoms with Gasteiger partial charge in [0.1, 0.15) is 0 Å². The molecule has 1 amide bonds. The van der Waals surface area contributed by atoms with Gasteiger partial charge < -0.3 is 16.0 Å². The van der Waals surface area contributed by atoms with Gasteiger partial charge in [-0.25, -0.2) is 0 Å². The number of rotatable bonds is 11. The van der Waals surface area contributed by atoms with Gasteiger partial charge in [-0.3, -0.25) is 19.8 Å². The number of amidine groups is 1. The van der Waals surface area contributed by atoms with E-state index in [0.717, 1.165) is 35.3 Å². The number of thioether (sulfide) groups is 1. The number of hydrogen-bond acceptors (Lipinski definition) is 7. The lowest BCUT2D eigenvalue weighted by Crippen LogP contribution is -2.44. The van der Waals surface area contributed by atoms with Crippen LogP contribution in [0.1, 0.15) is 77.3 Å². The second-order valence-electron chi connectivity index (χ2n) is 10.8. The van der Waals surface area contributed by atoms with Gasteiger partial charge in [0.15, 0.2) is 5.17 Å². The van der Waals surface area contributed by atoms with Crippen LogP contribution in [0.15, 0.2) is 58.8 Å². The van der Waals surface area contributed by atoms with Crippen LogP contribution in [0.3, 0.4) is 0 Å². The van der Waals surface area contributed by atoms with E-state index in [1.165, 1.54) is 64.1 Å². The fourth-order valence-corrected chi connectivity index (χ4v) is 7.24. The van der Waals surface area contributed by atoms with Crippen molar-refractivity contribution in [2.75, 3.05) is 13.1 Å². The van der Waals surface area contributed by atoms with Gasteiger partial charge in [-0.15, -0.1) is 0 Å². The molecule has 2 saturated carbocycles. The standard InChI is InChI=1S/C30H44N6OS/c1-3-7-25(26-8-5-6-17-32-26)33-18-15-29(37)34-23-11-9-22(10-12-23)16-20-36(19-4-2)24-13-14-27-28(21-24)38-30(31)35-27/h3,5-8,15,17-18,22-24,27-28H,4,9-14,16,19-21H2,1-2H3,(H2,31,35)(H,34,37)/b7-3-,18-15+,33-25+/t22?,23?,24-,27?,28?/m0/s1. The third-order valence-electron chi connectivity index (χ3n) is 8.03. The molecule has 4 rings (SSSR count). The van der Waals surface area contributed by atoms with Gasteiger partial charge >= 0.3 is 0 Å². The molecular weight excluding hydrogens is 492 g/mol. The van der Waals surface area contributed by atoms with Gasteiger partial charge in [-0.05, 0) is 102 Å². The van der Waals surface area contributed by atoms with Crippen molar-refractivity contribution in [1.29, 1.82) is 0 Å². The molecule has 2 fully saturated rings. The predicted molar refractivity (Wildman–Crippen MR) is 160 cm³/mol. The van der Waals surface area contributed by atoms with E-state index in [2.05, 4.69) is 32.1 Å². The minimum absolute atomic E-state index is 0.0721. The minimum Gasteiger partial charge on any atom is -0.379 e. The van der Waals surface area contributed by atoms with Crippen molar-refractivity contribution in [2.24, 2.45) is 21.6 Å². The second-order valence-corrected chi connectivity index (χ2v) is 12.0. The number of amides is 1. The summed E-state index contributed by atoms with van der Waals surface area (Å²) in [5, 5.41) is 4.55. The number of pyridine rings is 1. The summed E-state index contributed by atoms with van der Waals surface area (Å²) in [6.07, 6.45) is 19.2. The molecular formula is C30H44N6OS. The van der Waals surface area contributed by atoms with Crippen LogP contribution >= 0.6 is 11.8 Å². The Kier molecular flexibility index (Phi) is 11.0. The van der Waals surface area contributed by atoms with Gasteiger partial charge in [0.25, 0.3) is 0 Å². The molecule has 0 bridgehead atoms. The maximum Gasteiger partial charge on any atom is 0.245 e. The molecule has 0 radical (unpaired) electrons. The number of nitrogens with zero attached hydrogens (tertiary/aromatic N) is 4. The third-order valence-corrected chi connectivity index (χ3v) is 9.19. The van der Waals surface area contributed by atoms with Gasteiger partial charge in [-0.2, -0.15) is 0 Å². The lowest BCUT2D eigenvalue weighted by Gasteiger charge is -2.39. The third kappa shape index (κ3) is 8.27. The normalized spacial score (nSPS) is 28.1. The SMILES string of the molecule is C\C=C/C(=N\C=C\C(=O)NC1CCC(CCN(CCC)[C@H]2CCC3N=C(N)SC3C2)CC1)c1ccccn1. The summed E-state index contributed by atoms with van der Waals surface area (Å²) in [5.74, 6) is 0.678. The quantitative estimate of drug-likeness (QED) is 0.303. The molecule has 38 heavy (non-hydrogen) atoms. The van der Waals surface area contributed by atoms with Crippen molar-refractivity contribution < 1.29 is 4.79 Å². The number of hydrogen-bond donors (Lipinski definition) is 2. The van der Waals surface area contributed by atoms with E-state index < -0.39 is 0 Å². The molecule has 2 aliphatic carbocycles. The van der Waals surface area contributed by atoms with Gasteiger partial charge in [0, 0.05) is 35.8 Å². The van der Waals surface area contributed by atoms with E-state index in [-0.39, 0.29) is 11.9 Å². The average Bonchev–Trinajstić information content (AvgIpc) is 3.31. The number of nitrogens with two attached hydrogens (primary N) is 1. The Labute approximate surface area is 232 Å². The first kappa shape index (κ1) is 28.6. The number of aliphatic imine (C=N–C) groups is 2. The topological polar surface area (TPSA) is 96.0 Å². The molecule has 0 spiro atoms. The van der Waals surface area contributed by atoms with Gasteiger partial charge in [-0.1, -0.05) is 30.8 Å². The Morgan fingerprint density at radius 3 is 2.76 bits per heavy atom. The van der Waals surface area contributed by atoms with E-state index in [9.17, 15) is 4.79 Å². The van der Waals surface area contributed by atoms with Crippen LogP contribution in [0.2, 0.25) is 0 Å². The number of allylic oxidation sites excluding steroid dienone is 2. The first-order valence-corrected chi connectivity index (χ1v) is 15.3. The predicted octanol–water partition coefficient (Wildman–Crippen LogP) is 5.09. The number of aromatic nitrogens is 1. The first-order valence-electron chi connectivity index (χ1n) is 14.4. The van der Waals surface area contributed by atoms with Crippen molar-refractivity contribution in [1.82, 2.24) is 15.2 Å². The van der Waals surface area contributed by atoms with Gasteiger partial charge in [0.2, 0.25) is 5.91 Å². The zero-order chi connectivity index (χ0) is 26.7. The van der Waals surface area contributed by atoms with Gasteiger partial charge in [0.05, 0.1) is 17.4 Å². The van der Waals surface area contributed by atoms with Crippen molar-refractivity contribution in [3.8, 4) is 0 Å². The molecule has 3 N–H and O–H groups in total. The van der Waals surface area contributed by atoms with Crippen LogP contribution in [0.25, 0.3) is 0 Å². The van der Waals surface area contributed by atoms with E-state index in [1.807, 2.05) is 37.3 Å². The number of carbonyl (C=O) groups excluding carboxylic acids is 1. The van der Waals surface area contributed by atoms with E-state index in [0.29, 0.717) is 17.3 Å². The molecule has 0 saturated heterocycles. The van der Waals surface area contributed by atoms with Crippen LogP contribution in [-0.2, 0) is 4.79 Å².